The normalized spacial score (nSPS) is 14.2. The minimum atomic E-state index is -5.08. The molecule has 0 radical (unpaired) electrons. The lowest BCUT2D eigenvalue weighted by molar-refractivity contribution is -0.193. The number of nitrogens with zero attached hydrogens (tertiary/aromatic N) is 2. The highest BCUT2D eigenvalue weighted by molar-refractivity contribution is 5.73. The molecule has 0 aliphatic carbocycles. The van der Waals surface area contributed by atoms with Gasteiger partial charge in [-0.2, -0.15) is 26.3 Å². The Balaban J connectivity index is 0.000000317. The molecule has 9 nitrogen and oxygen atoms in total. The summed E-state index contributed by atoms with van der Waals surface area (Å²) in [4.78, 5) is 24.6. The van der Waals surface area contributed by atoms with Crippen LogP contribution in [0.15, 0.2) is 43.2 Å². The van der Waals surface area contributed by atoms with Gasteiger partial charge >= 0.3 is 24.3 Å². The van der Waals surface area contributed by atoms with E-state index in [1.54, 1.807) is 6.08 Å². The molecule has 0 saturated heterocycles. The molecule has 2 aromatic rings. The van der Waals surface area contributed by atoms with Gasteiger partial charge in [0.2, 0.25) is 6.79 Å². The number of pyridine rings is 1. The monoisotopic (exact) mass is 566 g/mol. The number of halogens is 6. The summed E-state index contributed by atoms with van der Waals surface area (Å²) in [5.41, 5.74) is 5.13. The Morgan fingerprint density at radius 2 is 1.67 bits per heavy atom. The standard InChI is InChI=1S/C20H22N2O3.2C2HF3O2/c1-2-7-23-13-17-10-21-9-16-12-22(6-5-18(16)17)11-15-3-4-19-20(8-15)25-14-24-19;2*3-2(4,5)1(6)7/h2-4,8-10H,1,5-7,11-14H2;2*(H,6,7). The average molecular weight is 566 g/mol. The molecule has 0 spiro atoms. The van der Waals surface area contributed by atoms with Crippen molar-refractivity contribution in [3.63, 3.8) is 0 Å². The number of hydrogen-bond donors (Lipinski definition) is 2. The van der Waals surface area contributed by atoms with Crippen molar-refractivity contribution >= 4 is 11.9 Å². The maximum Gasteiger partial charge on any atom is 0.490 e. The van der Waals surface area contributed by atoms with Gasteiger partial charge in [-0.3, -0.25) is 9.88 Å². The van der Waals surface area contributed by atoms with Crippen molar-refractivity contribution in [3.05, 3.63) is 65.5 Å². The van der Waals surface area contributed by atoms with Gasteiger partial charge in [0.25, 0.3) is 0 Å². The molecule has 2 aliphatic heterocycles. The van der Waals surface area contributed by atoms with Gasteiger partial charge in [0.15, 0.2) is 11.5 Å². The van der Waals surface area contributed by atoms with Gasteiger partial charge in [0.1, 0.15) is 0 Å². The Hall–Kier alpha value is -3.85. The summed E-state index contributed by atoms with van der Waals surface area (Å²) in [5, 5.41) is 14.2. The first kappa shape index (κ1) is 31.4. The molecule has 1 aromatic carbocycles. The summed E-state index contributed by atoms with van der Waals surface area (Å²) < 4.78 is 79.9. The van der Waals surface area contributed by atoms with Crippen molar-refractivity contribution in [1.82, 2.24) is 9.88 Å². The van der Waals surface area contributed by atoms with Gasteiger partial charge < -0.3 is 24.4 Å². The van der Waals surface area contributed by atoms with Gasteiger partial charge in [0, 0.05) is 32.0 Å². The number of alkyl halides is 6. The number of carboxylic acids is 2. The second-order valence-corrected chi connectivity index (χ2v) is 7.99. The molecule has 0 atom stereocenters. The van der Waals surface area contributed by atoms with E-state index >= 15 is 0 Å². The number of ether oxygens (including phenoxy) is 3. The molecule has 3 heterocycles. The molecule has 4 rings (SSSR count). The SMILES string of the molecule is C=CCOCc1cncc2c1CCN(Cc1ccc3c(c1)OCO3)C2.O=C(O)C(F)(F)F.O=C(O)C(F)(F)F. The van der Waals surface area contributed by atoms with Crippen molar-refractivity contribution in [2.24, 2.45) is 0 Å². The number of aliphatic carboxylic acids is 2. The molecule has 214 valence electrons. The van der Waals surface area contributed by atoms with Crippen molar-refractivity contribution in [2.75, 3.05) is 19.9 Å². The Bertz CT molecular complexity index is 1130. The second-order valence-electron chi connectivity index (χ2n) is 7.99. The highest BCUT2D eigenvalue weighted by Gasteiger charge is 2.38. The third-order valence-corrected chi connectivity index (χ3v) is 5.13. The minimum absolute atomic E-state index is 0.318. The van der Waals surface area contributed by atoms with Gasteiger partial charge in [-0.05, 0) is 40.8 Å². The summed E-state index contributed by atoms with van der Waals surface area (Å²) in [5.74, 6) is -3.83. The zero-order valence-electron chi connectivity index (χ0n) is 20.2. The van der Waals surface area contributed by atoms with Gasteiger partial charge in [-0.1, -0.05) is 12.1 Å². The third kappa shape index (κ3) is 10.1. The minimum Gasteiger partial charge on any atom is -0.475 e. The third-order valence-electron chi connectivity index (χ3n) is 5.13. The highest BCUT2D eigenvalue weighted by Crippen LogP contribution is 2.33. The van der Waals surface area contributed by atoms with Crippen LogP contribution in [-0.2, 0) is 40.4 Å². The predicted octanol–water partition coefficient (Wildman–Crippen LogP) is 4.34. The van der Waals surface area contributed by atoms with E-state index in [1.165, 1.54) is 22.3 Å². The van der Waals surface area contributed by atoms with Crippen molar-refractivity contribution in [1.29, 1.82) is 0 Å². The van der Waals surface area contributed by atoms with Crippen LogP contribution in [0.1, 0.15) is 22.3 Å². The van der Waals surface area contributed by atoms with Crippen LogP contribution in [0.5, 0.6) is 11.5 Å². The average Bonchev–Trinajstić information content (AvgIpc) is 3.32. The number of fused-ring (bicyclic) bond motifs is 2. The maximum absolute atomic E-state index is 10.6. The largest absolute Gasteiger partial charge is 0.490 e. The molecular weight excluding hydrogens is 542 g/mol. The fourth-order valence-corrected chi connectivity index (χ4v) is 3.44. The van der Waals surface area contributed by atoms with Crippen LogP contribution >= 0.6 is 0 Å². The van der Waals surface area contributed by atoms with Crippen LogP contribution in [0.3, 0.4) is 0 Å². The lowest BCUT2D eigenvalue weighted by Crippen LogP contribution is -2.31. The van der Waals surface area contributed by atoms with Gasteiger partial charge in [-0.25, -0.2) is 9.59 Å². The van der Waals surface area contributed by atoms with E-state index in [1.807, 2.05) is 18.5 Å². The quantitative estimate of drug-likeness (QED) is 0.299. The van der Waals surface area contributed by atoms with E-state index in [0.29, 0.717) is 20.0 Å². The fourth-order valence-electron chi connectivity index (χ4n) is 3.44. The zero-order chi connectivity index (χ0) is 29.2. The molecule has 2 N–H and O–H groups in total. The van der Waals surface area contributed by atoms with Gasteiger partial charge in [-0.15, -0.1) is 6.58 Å². The number of aromatic nitrogens is 1. The lowest BCUT2D eigenvalue weighted by atomic mass is 9.97. The first-order chi connectivity index (χ1) is 18.2. The van der Waals surface area contributed by atoms with E-state index in [-0.39, 0.29) is 0 Å². The molecule has 1 aromatic heterocycles. The van der Waals surface area contributed by atoms with E-state index < -0.39 is 24.3 Å². The smallest absolute Gasteiger partial charge is 0.475 e. The Labute approximate surface area is 218 Å². The molecule has 15 heteroatoms. The maximum atomic E-state index is 10.6. The summed E-state index contributed by atoms with van der Waals surface area (Å²) in [6.45, 7) is 8.01. The molecule has 0 bridgehead atoms. The van der Waals surface area contributed by atoms with Crippen LogP contribution in [-0.4, -0.2) is 64.3 Å². The number of hydrogen-bond acceptors (Lipinski definition) is 7. The number of carbonyl (C=O) groups is 2. The summed E-state index contributed by atoms with van der Waals surface area (Å²) in [7, 11) is 0. The number of benzene rings is 1. The molecule has 2 aliphatic rings. The molecule has 0 fully saturated rings. The predicted molar refractivity (Wildman–Crippen MR) is 122 cm³/mol. The summed E-state index contributed by atoms with van der Waals surface area (Å²) in [6.07, 6.45) is -3.46. The van der Waals surface area contributed by atoms with Crippen LogP contribution < -0.4 is 9.47 Å². The first-order valence-electron chi connectivity index (χ1n) is 11.1. The summed E-state index contributed by atoms with van der Waals surface area (Å²) >= 11 is 0. The Kier molecular flexibility index (Phi) is 11.1. The number of carboxylic acid groups (broad SMARTS) is 2. The van der Waals surface area contributed by atoms with E-state index in [4.69, 9.17) is 34.0 Å². The zero-order valence-corrected chi connectivity index (χ0v) is 20.2. The molecule has 0 unspecified atom stereocenters. The van der Waals surface area contributed by atoms with Crippen LogP contribution in [0, 0.1) is 0 Å². The fraction of sp³-hybridized carbons (Fsp3) is 0.375. The van der Waals surface area contributed by atoms with E-state index in [2.05, 4.69) is 28.6 Å². The number of rotatable bonds is 6. The molecule has 0 saturated carbocycles. The topological polar surface area (TPSA) is 118 Å². The second kappa shape index (κ2) is 13.8. The molecule has 39 heavy (non-hydrogen) atoms. The van der Waals surface area contributed by atoms with Crippen LogP contribution in [0.25, 0.3) is 0 Å². The molecule has 0 amide bonds. The summed E-state index contributed by atoms with van der Waals surface area (Å²) in [6, 6.07) is 6.18. The van der Waals surface area contributed by atoms with Crippen LogP contribution in [0.4, 0.5) is 26.3 Å². The lowest BCUT2D eigenvalue weighted by Gasteiger charge is -2.29. The first-order valence-corrected chi connectivity index (χ1v) is 11.1. The van der Waals surface area contributed by atoms with Crippen LogP contribution in [0.2, 0.25) is 0 Å². The molecular formula is C24H24F6N2O7. The van der Waals surface area contributed by atoms with Gasteiger partial charge in [0.05, 0.1) is 13.2 Å². The van der Waals surface area contributed by atoms with Crippen molar-refractivity contribution in [3.8, 4) is 11.5 Å². The highest BCUT2D eigenvalue weighted by atomic mass is 19.4. The van der Waals surface area contributed by atoms with Crippen molar-refractivity contribution < 1.29 is 60.4 Å². The van der Waals surface area contributed by atoms with E-state index in [9.17, 15) is 26.3 Å². The van der Waals surface area contributed by atoms with Crippen molar-refractivity contribution in [2.45, 2.75) is 38.5 Å². The van der Waals surface area contributed by atoms with E-state index in [0.717, 1.165) is 37.6 Å². The Morgan fingerprint density at radius 3 is 2.26 bits per heavy atom. The Morgan fingerprint density at radius 1 is 1.05 bits per heavy atom.